The number of Topliss-reactive ketones (excluding diaryl/α,β-unsaturated/α-hetero) is 1. The van der Waals surface area contributed by atoms with Gasteiger partial charge in [0, 0.05) is 17.1 Å². The Hall–Kier alpha value is -1.68. The molecular weight excluding hydrogens is 309 g/mol. The summed E-state index contributed by atoms with van der Waals surface area (Å²) in [6, 6.07) is 11.9. The van der Waals surface area contributed by atoms with E-state index in [0.29, 0.717) is 16.9 Å². The number of benzene rings is 2. The summed E-state index contributed by atoms with van der Waals surface area (Å²) in [5.74, 6) is -0.373. The molecule has 0 heterocycles. The second-order valence-electron chi connectivity index (χ2n) is 4.23. The zero-order valence-corrected chi connectivity index (χ0v) is 12.2. The first kappa shape index (κ1) is 13.7. The third-order valence-corrected chi connectivity index (χ3v) is 3.41. The van der Waals surface area contributed by atoms with Crippen molar-refractivity contribution in [1.82, 2.24) is 0 Å². The van der Waals surface area contributed by atoms with E-state index in [1.54, 1.807) is 42.3 Å². The monoisotopic (exact) mass is 321 g/mol. The van der Waals surface area contributed by atoms with Gasteiger partial charge in [0.15, 0.2) is 5.78 Å². The van der Waals surface area contributed by atoms with E-state index in [4.69, 9.17) is 0 Å². The van der Waals surface area contributed by atoms with Crippen molar-refractivity contribution in [3.63, 3.8) is 0 Å². The molecule has 4 heteroatoms. The molecule has 2 nitrogen and oxygen atoms in total. The molecule has 0 aliphatic carbocycles. The number of carbonyl (C=O) groups excluding carboxylic acids is 1. The summed E-state index contributed by atoms with van der Waals surface area (Å²) in [6.07, 6.45) is 0. The van der Waals surface area contributed by atoms with Crippen molar-refractivity contribution in [1.29, 1.82) is 0 Å². The van der Waals surface area contributed by atoms with Crippen LogP contribution in [0.25, 0.3) is 0 Å². The molecule has 0 saturated carbocycles. The summed E-state index contributed by atoms with van der Waals surface area (Å²) >= 11 is 3.34. The molecule has 19 heavy (non-hydrogen) atoms. The molecule has 0 unspecified atom stereocenters. The van der Waals surface area contributed by atoms with Crippen molar-refractivity contribution >= 4 is 33.1 Å². The van der Waals surface area contributed by atoms with E-state index in [9.17, 15) is 9.18 Å². The molecule has 2 rings (SSSR count). The van der Waals surface area contributed by atoms with Crippen LogP contribution in [0, 0.1) is 5.82 Å². The van der Waals surface area contributed by atoms with Crippen LogP contribution in [0.3, 0.4) is 0 Å². The third-order valence-electron chi connectivity index (χ3n) is 2.91. The number of ketones is 1. The largest absolute Gasteiger partial charge is 0.342 e. The fourth-order valence-corrected chi connectivity index (χ4v) is 2.30. The van der Waals surface area contributed by atoms with Gasteiger partial charge in [-0.15, -0.1) is 0 Å². The Kier molecular flexibility index (Phi) is 4.00. The second kappa shape index (κ2) is 5.53. The molecule has 0 atom stereocenters. The van der Waals surface area contributed by atoms with Crippen LogP contribution in [0.15, 0.2) is 46.9 Å². The highest BCUT2D eigenvalue weighted by Crippen LogP contribution is 2.31. The quantitative estimate of drug-likeness (QED) is 0.772. The molecule has 0 bridgehead atoms. The maximum Gasteiger partial charge on any atom is 0.161 e. The molecule has 0 amide bonds. The van der Waals surface area contributed by atoms with Crippen LogP contribution in [0.2, 0.25) is 0 Å². The first-order valence-corrected chi connectivity index (χ1v) is 6.58. The Morgan fingerprint density at radius 2 is 1.84 bits per heavy atom. The van der Waals surface area contributed by atoms with Gasteiger partial charge in [-0.25, -0.2) is 4.39 Å². The fraction of sp³-hybridized carbons (Fsp3) is 0.133. The van der Waals surface area contributed by atoms with Crippen molar-refractivity contribution in [3.05, 3.63) is 58.3 Å². The van der Waals surface area contributed by atoms with Gasteiger partial charge in [0.1, 0.15) is 5.82 Å². The summed E-state index contributed by atoms with van der Waals surface area (Å²) < 4.78 is 14.6. The normalized spacial score (nSPS) is 10.3. The molecule has 98 valence electrons. The van der Waals surface area contributed by atoms with Gasteiger partial charge in [-0.1, -0.05) is 28.1 Å². The predicted octanol–water partition coefficient (Wildman–Crippen LogP) is 4.56. The second-order valence-corrected chi connectivity index (χ2v) is 5.14. The Morgan fingerprint density at radius 3 is 2.47 bits per heavy atom. The Balaban J connectivity index is 2.53. The fourth-order valence-electron chi connectivity index (χ4n) is 1.94. The first-order valence-electron chi connectivity index (χ1n) is 5.79. The number of hydrogen-bond donors (Lipinski definition) is 0. The minimum Gasteiger partial charge on any atom is -0.342 e. The van der Waals surface area contributed by atoms with Crippen LogP contribution in [-0.2, 0) is 0 Å². The predicted molar refractivity (Wildman–Crippen MR) is 78.6 cm³/mol. The lowest BCUT2D eigenvalue weighted by atomic mass is 10.1. The molecule has 2 aromatic carbocycles. The lowest BCUT2D eigenvalue weighted by Crippen LogP contribution is -2.14. The maximum absolute atomic E-state index is 13.8. The SMILES string of the molecule is CC(=O)c1cc(Br)ccc1N(C)c1ccccc1F. The number of rotatable bonds is 3. The van der Waals surface area contributed by atoms with Crippen molar-refractivity contribution in [2.45, 2.75) is 6.92 Å². The van der Waals surface area contributed by atoms with Crippen LogP contribution in [0.1, 0.15) is 17.3 Å². The van der Waals surface area contributed by atoms with E-state index in [0.717, 1.165) is 4.47 Å². The summed E-state index contributed by atoms with van der Waals surface area (Å²) in [4.78, 5) is 13.4. The molecular formula is C15H13BrFNO. The lowest BCUT2D eigenvalue weighted by Gasteiger charge is -2.22. The van der Waals surface area contributed by atoms with E-state index >= 15 is 0 Å². The van der Waals surface area contributed by atoms with Crippen LogP contribution >= 0.6 is 15.9 Å². The molecule has 0 spiro atoms. The van der Waals surface area contributed by atoms with Crippen molar-refractivity contribution in [3.8, 4) is 0 Å². The highest BCUT2D eigenvalue weighted by Gasteiger charge is 2.15. The van der Waals surface area contributed by atoms with Crippen molar-refractivity contribution in [2.75, 3.05) is 11.9 Å². The van der Waals surface area contributed by atoms with Crippen LogP contribution in [0.4, 0.5) is 15.8 Å². The summed E-state index contributed by atoms with van der Waals surface area (Å²) in [7, 11) is 1.74. The standard InChI is InChI=1S/C15H13BrFNO/c1-10(19)12-9-11(16)7-8-14(12)18(2)15-6-4-3-5-13(15)17/h3-9H,1-2H3. The number of carbonyl (C=O) groups is 1. The summed E-state index contributed by atoms with van der Waals surface area (Å²) in [6.45, 7) is 1.50. The van der Waals surface area contributed by atoms with Crippen molar-refractivity contribution in [2.24, 2.45) is 0 Å². The summed E-state index contributed by atoms with van der Waals surface area (Å²) in [5.41, 5.74) is 1.67. The smallest absolute Gasteiger partial charge is 0.161 e. The maximum atomic E-state index is 13.8. The molecule has 0 radical (unpaired) electrons. The molecule has 0 aromatic heterocycles. The van der Waals surface area contributed by atoms with E-state index in [-0.39, 0.29) is 11.6 Å². The van der Waals surface area contributed by atoms with E-state index < -0.39 is 0 Å². The molecule has 0 N–H and O–H groups in total. The number of anilines is 2. The molecule has 0 saturated heterocycles. The minimum absolute atomic E-state index is 0.0560. The number of halogens is 2. The molecule has 2 aromatic rings. The van der Waals surface area contributed by atoms with Crippen molar-refractivity contribution < 1.29 is 9.18 Å². The average molecular weight is 322 g/mol. The van der Waals surface area contributed by atoms with Crippen LogP contribution in [0.5, 0.6) is 0 Å². The highest BCUT2D eigenvalue weighted by molar-refractivity contribution is 9.10. The Bertz CT molecular complexity index is 627. The number of para-hydroxylation sites is 1. The number of hydrogen-bond acceptors (Lipinski definition) is 2. The van der Waals surface area contributed by atoms with Gasteiger partial charge in [-0.3, -0.25) is 4.79 Å². The third kappa shape index (κ3) is 2.84. The highest BCUT2D eigenvalue weighted by atomic mass is 79.9. The molecule has 0 fully saturated rings. The van der Waals surface area contributed by atoms with Gasteiger partial charge in [0.2, 0.25) is 0 Å². The van der Waals surface area contributed by atoms with Crippen LogP contribution < -0.4 is 4.90 Å². The molecule has 0 aliphatic rings. The van der Waals surface area contributed by atoms with Gasteiger partial charge in [0.25, 0.3) is 0 Å². The van der Waals surface area contributed by atoms with Gasteiger partial charge >= 0.3 is 0 Å². The van der Waals surface area contributed by atoms with E-state index in [2.05, 4.69) is 15.9 Å². The van der Waals surface area contributed by atoms with Gasteiger partial charge in [-0.2, -0.15) is 0 Å². The van der Waals surface area contributed by atoms with Gasteiger partial charge in [-0.05, 0) is 37.3 Å². The Morgan fingerprint density at radius 1 is 1.16 bits per heavy atom. The van der Waals surface area contributed by atoms with Gasteiger partial charge in [0.05, 0.1) is 11.4 Å². The Labute approximate surface area is 120 Å². The topological polar surface area (TPSA) is 20.3 Å². The lowest BCUT2D eigenvalue weighted by molar-refractivity contribution is 0.101. The average Bonchev–Trinajstić information content (AvgIpc) is 2.38. The summed E-state index contributed by atoms with van der Waals surface area (Å²) in [5, 5.41) is 0. The first-order chi connectivity index (χ1) is 9.00. The van der Waals surface area contributed by atoms with E-state index in [1.165, 1.54) is 13.0 Å². The minimum atomic E-state index is -0.317. The zero-order chi connectivity index (χ0) is 14.0. The zero-order valence-electron chi connectivity index (χ0n) is 10.7. The molecule has 0 aliphatic heterocycles. The van der Waals surface area contributed by atoms with E-state index in [1.807, 2.05) is 6.07 Å². The van der Waals surface area contributed by atoms with Gasteiger partial charge < -0.3 is 4.90 Å². The van der Waals surface area contributed by atoms with Crippen LogP contribution in [-0.4, -0.2) is 12.8 Å². The number of nitrogens with zero attached hydrogens (tertiary/aromatic N) is 1.